The number of hydrogen-bond acceptors (Lipinski definition) is 5. The van der Waals surface area contributed by atoms with Gasteiger partial charge in [-0.15, -0.1) is 0 Å². The lowest BCUT2D eigenvalue weighted by molar-refractivity contribution is -0.136. The fourth-order valence-electron chi connectivity index (χ4n) is 0.487. The van der Waals surface area contributed by atoms with Crippen molar-refractivity contribution in [1.82, 2.24) is 5.32 Å². The Hall–Kier alpha value is -0.560. The average Bonchev–Trinajstić information content (AvgIpc) is 2.15. The monoisotopic (exact) mass is 239 g/mol. The molecule has 0 heterocycles. The Morgan fingerprint density at radius 3 is 2.57 bits per heavy atom. The van der Waals surface area contributed by atoms with Gasteiger partial charge in [-0.2, -0.15) is 0 Å². The quantitative estimate of drug-likeness (QED) is 0.513. The summed E-state index contributed by atoms with van der Waals surface area (Å²) >= 11 is 0. The molecule has 82 valence electrons. The summed E-state index contributed by atoms with van der Waals surface area (Å²) in [5.41, 5.74) is 0. The van der Waals surface area contributed by atoms with Crippen molar-refractivity contribution in [3.05, 3.63) is 0 Å². The van der Waals surface area contributed by atoms with E-state index in [0.717, 1.165) is 0 Å². The topological polar surface area (TPSA) is 75.6 Å². The minimum atomic E-state index is -0.792. The van der Waals surface area contributed by atoms with E-state index in [0.29, 0.717) is 18.1 Å². The normalized spacial score (nSPS) is 9.50. The minimum Gasteiger partial charge on any atom is -0.481 e. The third-order valence-electron chi connectivity index (χ3n) is 1.09. The van der Waals surface area contributed by atoms with Crippen molar-refractivity contribution in [3.8, 4) is 0 Å². The predicted octanol–water partition coefficient (Wildman–Crippen LogP) is 1.20. The van der Waals surface area contributed by atoms with E-state index in [1.54, 1.807) is 0 Å². The maximum absolute atomic E-state index is 10.6. The van der Waals surface area contributed by atoms with Gasteiger partial charge in [-0.1, -0.05) is 21.6 Å². The number of carboxylic acid groups (broad SMARTS) is 1. The molecule has 1 amide bonds. The molecule has 0 aromatic carbocycles. The van der Waals surface area contributed by atoms with Crippen LogP contribution in [0, 0.1) is 0 Å². The largest absolute Gasteiger partial charge is 0.481 e. The van der Waals surface area contributed by atoms with E-state index >= 15 is 0 Å². The molecule has 7 heteroatoms. The first-order chi connectivity index (χ1) is 6.66. The molecule has 0 aliphatic heterocycles. The molecule has 0 saturated carbocycles. The Morgan fingerprint density at radius 1 is 1.36 bits per heavy atom. The lowest BCUT2D eigenvalue weighted by Crippen LogP contribution is -2.20. The number of carboxylic acids is 1. The van der Waals surface area contributed by atoms with Crippen LogP contribution in [0.2, 0.25) is 0 Å². The summed E-state index contributed by atoms with van der Waals surface area (Å²) < 4.78 is 4.72. The van der Waals surface area contributed by atoms with E-state index in [1.807, 2.05) is 0 Å². The van der Waals surface area contributed by atoms with E-state index in [9.17, 15) is 9.59 Å². The molecular formula is C7H13NO4S2. The molecular weight excluding hydrogens is 226 g/mol. The number of alkyl carbamates (subject to hydrolysis) is 1. The molecule has 5 nitrogen and oxygen atoms in total. The van der Waals surface area contributed by atoms with Gasteiger partial charge in [-0.05, 0) is 0 Å². The Labute approximate surface area is 90.4 Å². The molecule has 0 atom stereocenters. The van der Waals surface area contributed by atoms with Gasteiger partial charge in [0, 0.05) is 18.6 Å². The third kappa shape index (κ3) is 9.53. The lowest BCUT2D eigenvalue weighted by atomic mass is 10.5. The van der Waals surface area contributed by atoms with E-state index in [1.165, 1.54) is 28.6 Å². The van der Waals surface area contributed by atoms with Crippen LogP contribution in [0.1, 0.15) is 6.42 Å². The van der Waals surface area contributed by atoms with Gasteiger partial charge < -0.3 is 15.2 Å². The highest BCUT2D eigenvalue weighted by Crippen LogP contribution is 2.21. The van der Waals surface area contributed by atoms with Crippen LogP contribution in [-0.4, -0.2) is 42.3 Å². The van der Waals surface area contributed by atoms with E-state index < -0.39 is 12.1 Å². The zero-order chi connectivity index (χ0) is 10.8. The van der Waals surface area contributed by atoms with Gasteiger partial charge in [0.1, 0.15) is 6.61 Å². The fourth-order valence-corrected chi connectivity index (χ4v) is 2.29. The van der Waals surface area contributed by atoms with E-state index in [4.69, 9.17) is 9.84 Å². The molecule has 2 N–H and O–H groups in total. The van der Waals surface area contributed by atoms with Crippen LogP contribution in [0.15, 0.2) is 0 Å². The Morgan fingerprint density at radius 2 is 2.00 bits per heavy atom. The molecule has 0 aliphatic rings. The van der Waals surface area contributed by atoms with Gasteiger partial charge in [-0.3, -0.25) is 4.79 Å². The van der Waals surface area contributed by atoms with Crippen molar-refractivity contribution in [2.75, 3.05) is 25.2 Å². The first kappa shape index (κ1) is 13.4. The maximum atomic E-state index is 10.6. The molecule has 0 rings (SSSR count). The Balaban J connectivity index is 3.06. The summed E-state index contributed by atoms with van der Waals surface area (Å²) in [4.78, 5) is 20.7. The van der Waals surface area contributed by atoms with Gasteiger partial charge >= 0.3 is 12.1 Å². The predicted molar refractivity (Wildman–Crippen MR) is 57.6 cm³/mol. The molecule has 0 bridgehead atoms. The fraction of sp³-hybridized carbons (Fsp3) is 0.714. The van der Waals surface area contributed by atoms with Crippen LogP contribution < -0.4 is 5.32 Å². The van der Waals surface area contributed by atoms with Crippen LogP contribution in [-0.2, 0) is 9.53 Å². The summed E-state index contributed by atoms with van der Waals surface area (Å²) in [5.74, 6) is 0.442. The summed E-state index contributed by atoms with van der Waals surface area (Å²) in [6.07, 6.45) is -0.283. The molecule has 0 aliphatic carbocycles. The van der Waals surface area contributed by atoms with E-state index in [2.05, 4.69) is 5.32 Å². The molecule has 0 unspecified atom stereocenters. The van der Waals surface area contributed by atoms with Crippen LogP contribution in [0.4, 0.5) is 4.79 Å². The van der Waals surface area contributed by atoms with Crippen molar-refractivity contribution in [2.45, 2.75) is 6.42 Å². The number of amides is 1. The SMILES string of the molecule is CNC(=O)OCCSSCCC(=O)O. The van der Waals surface area contributed by atoms with Gasteiger partial charge in [0.2, 0.25) is 0 Å². The number of carbonyl (C=O) groups excluding carboxylic acids is 1. The van der Waals surface area contributed by atoms with Crippen LogP contribution in [0.5, 0.6) is 0 Å². The second kappa shape index (κ2) is 9.01. The first-order valence-corrected chi connectivity index (χ1v) is 6.46. The van der Waals surface area contributed by atoms with Crippen molar-refractivity contribution in [2.24, 2.45) is 0 Å². The van der Waals surface area contributed by atoms with Gasteiger partial charge in [-0.25, -0.2) is 4.79 Å². The van der Waals surface area contributed by atoms with E-state index in [-0.39, 0.29) is 6.42 Å². The summed E-state index contributed by atoms with van der Waals surface area (Å²) in [6.45, 7) is 0.338. The lowest BCUT2D eigenvalue weighted by Gasteiger charge is -2.02. The second-order valence-electron chi connectivity index (χ2n) is 2.17. The molecule has 14 heavy (non-hydrogen) atoms. The van der Waals surface area contributed by atoms with Crippen LogP contribution in [0.3, 0.4) is 0 Å². The zero-order valence-electron chi connectivity index (χ0n) is 7.82. The maximum Gasteiger partial charge on any atom is 0.406 e. The number of rotatable bonds is 7. The van der Waals surface area contributed by atoms with Crippen molar-refractivity contribution in [1.29, 1.82) is 0 Å². The van der Waals surface area contributed by atoms with Gasteiger partial charge in [0.25, 0.3) is 0 Å². The molecule has 0 spiro atoms. The summed E-state index contributed by atoms with van der Waals surface area (Å²) in [5, 5.41) is 10.6. The van der Waals surface area contributed by atoms with Gasteiger partial charge in [0.05, 0.1) is 6.42 Å². The molecule has 0 saturated heterocycles. The minimum absolute atomic E-state index is 0.161. The van der Waals surface area contributed by atoms with Crippen molar-refractivity contribution >= 4 is 33.7 Å². The molecule has 0 radical (unpaired) electrons. The number of hydrogen-bond donors (Lipinski definition) is 2. The van der Waals surface area contributed by atoms with Crippen molar-refractivity contribution in [3.63, 3.8) is 0 Å². The zero-order valence-corrected chi connectivity index (χ0v) is 9.45. The molecule has 0 aromatic heterocycles. The third-order valence-corrected chi connectivity index (χ3v) is 3.46. The Kier molecular flexibility index (Phi) is 8.65. The Bertz CT molecular complexity index is 189. The number of ether oxygens (including phenoxy) is 1. The standard InChI is InChI=1S/C7H13NO4S2/c1-8-7(11)12-3-5-14-13-4-2-6(9)10/h2-5H2,1H3,(H,8,11)(H,9,10). The first-order valence-electron chi connectivity index (χ1n) is 3.97. The number of aliphatic carboxylic acids is 1. The summed E-state index contributed by atoms with van der Waals surface area (Å²) in [7, 11) is 4.46. The molecule has 0 fully saturated rings. The highest BCUT2D eigenvalue weighted by Gasteiger charge is 1.99. The smallest absolute Gasteiger partial charge is 0.406 e. The second-order valence-corrected chi connectivity index (χ2v) is 4.88. The number of nitrogens with one attached hydrogen (secondary N) is 1. The van der Waals surface area contributed by atoms with Crippen LogP contribution >= 0.6 is 21.6 Å². The summed E-state index contributed by atoms with van der Waals surface area (Å²) in [6, 6.07) is 0. The highest BCUT2D eigenvalue weighted by atomic mass is 33.1. The highest BCUT2D eigenvalue weighted by molar-refractivity contribution is 8.76. The number of carbonyl (C=O) groups is 2. The van der Waals surface area contributed by atoms with Gasteiger partial charge in [0.15, 0.2) is 0 Å². The van der Waals surface area contributed by atoms with Crippen molar-refractivity contribution < 1.29 is 19.4 Å². The average molecular weight is 239 g/mol. The molecule has 0 aromatic rings. The van der Waals surface area contributed by atoms with Crippen LogP contribution in [0.25, 0.3) is 0 Å².